The molecule has 2 amide bonds. The van der Waals surface area contributed by atoms with Gasteiger partial charge < -0.3 is 5.32 Å². The first kappa shape index (κ1) is 12.8. The predicted octanol–water partition coefficient (Wildman–Crippen LogP) is 1.34. The Bertz CT molecular complexity index is 540. The summed E-state index contributed by atoms with van der Waals surface area (Å²) >= 11 is 0. The van der Waals surface area contributed by atoms with Crippen molar-refractivity contribution in [3.8, 4) is 0 Å². The number of nitrogens with one attached hydrogen (secondary N) is 2. The molecule has 1 heterocycles. The molecule has 8 nitrogen and oxygen atoms in total. The van der Waals surface area contributed by atoms with E-state index in [1.807, 2.05) is 6.92 Å². The number of carbonyl (C=O) groups excluding carboxylic acids is 1. The average molecular weight is 263 g/mol. The highest BCUT2D eigenvalue weighted by molar-refractivity contribution is 5.75. The van der Waals surface area contributed by atoms with Gasteiger partial charge in [0.15, 0.2) is 0 Å². The molecule has 0 saturated carbocycles. The molecule has 100 valence electrons. The Morgan fingerprint density at radius 1 is 1.37 bits per heavy atom. The van der Waals surface area contributed by atoms with E-state index in [1.165, 1.54) is 24.2 Å². The molecule has 0 fully saturated rings. The minimum Gasteiger partial charge on any atom is -0.340 e. The van der Waals surface area contributed by atoms with Crippen molar-refractivity contribution in [2.24, 2.45) is 0 Å². The second-order valence-corrected chi connectivity index (χ2v) is 3.90. The summed E-state index contributed by atoms with van der Waals surface area (Å²) in [7, 11) is 1.53. The van der Waals surface area contributed by atoms with E-state index in [2.05, 4.69) is 10.9 Å². The zero-order valence-corrected chi connectivity index (χ0v) is 10.5. The highest BCUT2D eigenvalue weighted by Crippen LogP contribution is 2.23. The number of nitro groups is 1. The Morgan fingerprint density at radius 3 is 2.53 bits per heavy atom. The number of anilines is 1. The summed E-state index contributed by atoms with van der Waals surface area (Å²) < 4.78 is 0. The topological polar surface area (TPSA) is 90.8 Å². The van der Waals surface area contributed by atoms with Gasteiger partial charge in [0, 0.05) is 25.4 Å². The number of nitro benzene ring substituents is 1. The Hall–Kier alpha value is -2.61. The number of amides is 2. The van der Waals surface area contributed by atoms with Gasteiger partial charge in [-0.2, -0.15) is 0 Å². The van der Waals surface area contributed by atoms with Gasteiger partial charge in [0.25, 0.3) is 5.69 Å². The smallest absolute Gasteiger partial charge is 0.337 e. The standard InChI is InChI=1S/C11H13N5O3/c1-8-7-14(11(17)12-2)13-15(8)9-3-5-10(6-4-9)16(18)19/h3-7,13H,1-2H3,(H,12,17). The minimum absolute atomic E-state index is 0.0211. The fraction of sp³-hybridized carbons (Fsp3) is 0.182. The number of allylic oxidation sites excluding steroid dienone is 1. The Morgan fingerprint density at radius 2 is 2.00 bits per heavy atom. The van der Waals surface area contributed by atoms with Gasteiger partial charge >= 0.3 is 6.03 Å². The van der Waals surface area contributed by atoms with Gasteiger partial charge in [-0.15, -0.1) is 5.53 Å². The number of hydrogen-bond acceptors (Lipinski definition) is 5. The van der Waals surface area contributed by atoms with Crippen molar-refractivity contribution in [2.45, 2.75) is 6.92 Å². The lowest BCUT2D eigenvalue weighted by atomic mass is 10.2. The van der Waals surface area contributed by atoms with Crippen LogP contribution in [0.1, 0.15) is 6.92 Å². The average Bonchev–Trinajstić information content (AvgIpc) is 2.80. The van der Waals surface area contributed by atoms with Crippen molar-refractivity contribution in [2.75, 3.05) is 12.1 Å². The normalized spacial score (nSPS) is 14.3. The quantitative estimate of drug-likeness (QED) is 0.620. The maximum absolute atomic E-state index is 11.5. The summed E-state index contributed by atoms with van der Waals surface area (Å²) in [6.07, 6.45) is 1.63. The minimum atomic E-state index is -0.458. The van der Waals surface area contributed by atoms with Gasteiger partial charge in [0.05, 0.1) is 16.3 Å². The van der Waals surface area contributed by atoms with Crippen LogP contribution in [0.2, 0.25) is 0 Å². The fourth-order valence-corrected chi connectivity index (χ4v) is 1.67. The molecule has 2 N–H and O–H groups in total. The van der Waals surface area contributed by atoms with Crippen LogP contribution >= 0.6 is 0 Å². The van der Waals surface area contributed by atoms with E-state index >= 15 is 0 Å². The monoisotopic (exact) mass is 263 g/mol. The maximum Gasteiger partial charge on any atom is 0.337 e. The molecule has 1 aromatic rings. The van der Waals surface area contributed by atoms with E-state index in [9.17, 15) is 14.9 Å². The Balaban J connectivity index is 2.18. The third-order valence-corrected chi connectivity index (χ3v) is 2.63. The van der Waals surface area contributed by atoms with E-state index in [0.717, 1.165) is 5.70 Å². The molecular formula is C11H13N5O3. The largest absolute Gasteiger partial charge is 0.340 e. The lowest BCUT2D eigenvalue weighted by molar-refractivity contribution is -0.384. The molecule has 2 rings (SSSR count). The van der Waals surface area contributed by atoms with E-state index in [1.54, 1.807) is 23.3 Å². The Kier molecular flexibility index (Phi) is 3.34. The molecule has 0 spiro atoms. The van der Waals surface area contributed by atoms with Crippen LogP contribution in [0.5, 0.6) is 0 Å². The molecule has 0 saturated heterocycles. The van der Waals surface area contributed by atoms with Crippen LogP contribution in [-0.4, -0.2) is 23.0 Å². The van der Waals surface area contributed by atoms with Crippen molar-refractivity contribution >= 4 is 17.4 Å². The molecule has 0 atom stereocenters. The number of rotatable bonds is 2. The molecule has 0 bridgehead atoms. The zero-order chi connectivity index (χ0) is 14.0. The van der Waals surface area contributed by atoms with Gasteiger partial charge in [-0.3, -0.25) is 15.1 Å². The van der Waals surface area contributed by atoms with Crippen molar-refractivity contribution < 1.29 is 9.72 Å². The van der Waals surface area contributed by atoms with E-state index < -0.39 is 4.92 Å². The van der Waals surface area contributed by atoms with E-state index in [4.69, 9.17) is 0 Å². The van der Waals surface area contributed by atoms with Gasteiger partial charge in [0.2, 0.25) is 0 Å². The molecule has 0 radical (unpaired) electrons. The third kappa shape index (κ3) is 2.47. The summed E-state index contributed by atoms with van der Waals surface area (Å²) in [5.74, 6) is 0. The summed E-state index contributed by atoms with van der Waals surface area (Å²) in [5, 5.41) is 16.0. The van der Waals surface area contributed by atoms with Crippen LogP contribution in [0.3, 0.4) is 0 Å². The van der Waals surface area contributed by atoms with Crippen molar-refractivity contribution in [3.05, 3.63) is 46.3 Å². The molecule has 1 aliphatic rings. The lowest BCUT2D eigenvalue weighted by Crippen LogP contribution is -2.46. The molecule has 1 aliphatic heterocycles. The summed E-state index contributed by atoms with van der Waals surface area (Å²) in [6.45, 7) is 1.82. The number of non-ortho nitro benzene ring substituents is 1. The van der Waals surface area contributed by atoms with Crippen LogP contribution in [0.15, 0.2) is 36.2 Å². The Labute approximate surface area is 109 Å². The number of benzene rings is 1. The van der Waals surface area contributed by atoms with Gasteiger partial charge in [-0.05, 0) is 19.1 Å². The first-order chi connectivity index (χ1) is 9.02. The molecule has 0 aliphatic carbocycles. The van der Waals surface area contributed by atoms with Gasteiger partial charge in [0.1, 0.15) is 0 Å². The van der Waals surface area contributed by atoms with E-state index in [0.29, 0.717) is 5.69 Å². The molecule has 1 aromatic carbocycles. The molecule has 8 heteroatoms. The highest BCUT2D eigenvalue weighted by atomic mass is 16.6. The molecule has 0 unspecified atom stereocenters. The first-order valence-corrected chi connectivity index (χ1v) is 5.53. The first-order valence-electron chi connectivity index (χ1n) is 5.53. The number of hydrogen-bond donors (Lipinski definition) is 2. The van der Waals surface area contributed by atoms with Crippen molar-refractivity contribution in [1.82, 2.24) is 15.9 Å². The predicted molar refractivity (Wildman–Crippen MR) is 68.8 cm³/mol. The zero-order valence-electron chi connectivity index (χ0n) is 10.5. The van der Waals surface area contributed by atoms with Crippen LogP contribution in [0, 0.1) is 10.1 Å². The third-order valence-electron chi connectivity index (χ3n) is 2.63. The molecule has 19 heavy (non-hydrogen) atoms. The van der Waals surface area contributed by atoms with E-state index in [-0.39, 0.29) is 11.7 Å². The number of urea groups is 1. The number of hydrazine groups is 2. The summed E-state index contributed by atoms with van der Waals surface area (Å²) in [6, 6.07) is 5.73. The maximum atomic E-state index is 11.5. The van der Waals surface area contributed by atoms with Crippen LogP contribution < -0.4 is 15.9 Å². The van der Waals surface area contributed by atoms with Crippen molar-refractivity contribution in [3.63, 3.8) is 0 Å². The summed E-state index contributed by atoms with van der Waals surface area (Å²) in [5.41, 5.74) is 4.36. The lowest BCUT2D eigenvalue weighted by Gasteiger charge is -2.22. The van der Waals surface area contributed by atoms with Gasteiger partial charge in [-0.25, -0.2) is 9.80 Å². The van der Waals surface area contributed by atoms with Gasteiger partial charge in [-0.1, -0.05) is 0 Å². The van der Waals surface area contributed by atoms with Crippen LogP contribution in [-0.2, 0) is 0 Å². The SMILES string of the molecule is CNC(=O)N1C=C(C)N(c2ccc([N+](=O)[O-])cc2)N1. The second kappa shape index (κ2) is 4.94. The van der Waals surface area contributed by atoms with Crippen LogP contribution in [0.4, 0.5) is 16.2 Å². The highest BCUT2D eigenvalue weighted by Gasteiger charge is 2.23. The molecular weight excluding hydrogens is 250 g/mol. The fourth-order valence-electron chi connectivity index (χ4n) is 1.67. The molecule has 0 aromatic heterocycles. The number of nitrogens with zero attached hydrogens (tertiary/aromatic N) is 3. The number of carbonyl (C=O) groups is 1. The second-order valence-electron chi connectivity index (χ2n) is 3.90. The van der Waals surface area contributed by atoms with Crippen LogP contribution in [0.25, 0.3) is 0 Å². The van der Waals surface area contributed by atoms with Crippen molar-refractivity contribution in [1.29, 1.82) is 0 Å². The summed E-state index contributed by atoms with van der Waals surface area (Å²) in [4.78, 5) is 21.6.